The summed E-state index contributed by atoms with van der Waals surface area (Å²) in [7, 11) is 0. The molecule has 0 bridgehead atoms. The van der Waals surface area contributed by atoms with Gasteiger partial charge in [0.2, 0.25) is 5.91 Å². The standard InChI is InChI=1S/C19H24N4O2S/c1-12-7-3-5-9-15(12)22-19(25)23-17(24)11-26-18-14-8-4-6-10-16(14)20-13(2)21-18/h4,6,8,10,12,15H,3,5,7,9,11H2,1-2H3,(H2,22,23,24,25)/t12-,15+/m0/s1. The van der Waals surface area contributed by atoms with Crippen LogP contribution in [0.5, 0.6) is 0 Å². The Balaban J connectivity index is 1.55. The Hall–Kier alpha value is -2.15. The second kappa shape index (κ2) is 8.49. The van der Waals surface area contributed by atoms with Gasteiger partial charge in [-0.2, -0.15) is 0 Å². The van der Waals surface area contributed by atoms with E-state index in [2.05, 4.69) is 27.5 Å². The minimum Gasteiger partial charge on any atom is -0.335 e. The Bertz CT molecular complexity index is 811. The molecule has 1 aliphatic rings. The van der Waals surface area contributed by atoms with E-state index in [0.717, 1.165) is 35.2 Å². The first-order valence-electron chi connectivity index (χ1n) is 8.99. The van der Waals surface area contributed by atoms with Crippen molar-refractivity contribution in [2.24, 2.45) is 5.92 Å². The molecule has 6 nitrogen and oxygen atoms in total. The molecule has 0 saturated heterocycles. The van der Waals surface area contributed by atoms with Crippen molar-refractivity contribution in [1.82, 2.24) is 20.6 Å². The lowest BCUT2D eigenvalue weighted by Crippen LogP contribution is -2.48. The number of imide groups is 1. The summed E-state index contributed by atoms with van der Waals surface area (Å²) in [5.74, 6) is 0.926. The first-order valence-corrected chi connectivity index (χ1v) is 9.98. The van der Waals surface area contributed by atoms with Gasteiger partial charge in [-0.1, -0.05) is 49.7 Å². The summed E-state index contributed by atoms with van der Waals surface area (Å²) in [6.07, 6.45) is 4.43. The molecule has 1 fully saturated rings. The summed E-state index contributed by atoms with van der Waals surface area (Å²) >= 11 is 1.32. The van der Waals surface area contributed by atoms with E-state index in [-0.39, 0.29) is 17.7 Å². The van der Waals surface area contributed by atoms with E-state index in [9.17, 15) is 9.59 Å². The van der Waals surface area contributed by atoms with Gasteiger partial charge in [-0.05, 0) is 31.7 Å². The number of amides is 3. The fourth-order valence-corrected chi connectivity index (χ4v) is 4.17. The number of carbonyl (C=O) groups excluding carboxylic acids is 2. The second-order valence-electron chi connectivity index (χ2n) is 6.77. The van der Waals surface area contributed by atoms with Crippen LogP contribution < -0.4 is 10.6 Å². The van der Waals surface area contributed by atoms with E-state index in [1.165, 1.54) is 18.2 Å². The normalized spacial score (nSPS) is 19.9. The van der Waals surface area contributed by atoms with Crippen molar-refractivity contribution in [2.75, 3.05) is 5.75 Å². The molecule has 138 valence electrons. The highest BCUT2D eigenvalue weighted by molar-refractivity contribution is 8.00. The fraction of sp³-hybridized carbons (Fsp3) is 0.474. The van der Waals surface area contributed by atoms with E-state index in [4.69, 9.17) is 0 Å². The molecule has 1 saturated carbocycles. The highest BCUT2D eigenvalue weighted by Crippen LogP contribution is 2.25. The molecule has 1 aliphatic carbocycles. The van der Waals surface area contributed by atoms with Crippen molar-refractivity contribution in [3.05, 3.63) is 30.1 Å². The molecule has 0 radical (unpaired) electrons. The number of hydrogen-bond donors (Lipinski definition) is 2. The maximum atomic E-state index is 12.1. The first-order chi connectivity index (χ1) is 12.5. The number of carbonyl (C=O) groups is 2. The van der Waals surface area contributed by atoms with E-state index in [1.54, 1.807) is 0 Å². The summed E-state index contributed by atoms with van der Waals surface area (Å²) in [5, 5.41) is 7.03. The SMILES string of the molecule is Cc1nc(SCC(=O)NC(=O)N[C@@H]2CCCC[C@@H]2C)c2ccccc2n1. The van der Waals surface area contributed by atoms with Gasteiger partial charge in [-0.15, -0.1) is 0 Å². The molecule has 2 aromatic rings. The van der Waals surface area contributed by atoms with Crippen LogP contribution in [0.15, 0.2) is 29.3 Å². The van der Waals surface area contributed by atoms with Crippen LogP contribution in [-0.2, 0) is 4.79 Å². The molecular formula is C19H24N4O2S. The van der Waals surface area contributed by atoms with Gasteiger partial charge < -0.3 is 5.32 Å². The fourth-order valence-electron chi connectivity index (χ4n) is 3.30. The number of hydrogen-bond acceptors (Lipinski definition) is 5. The Labute approximate surface area is 157 Å². The highest BCUT2D eigenvalue weighted by atomic mass is 32.2. The van der Waals surface area contributed by atoms with Gasteiger partial charge in [-0.3, -0.25) is 10.1 Å². The van der Waals surface area contributed by atoms with Gasteiger partial charge in [0.1, 0.15) is 10.9 Å². The summed E-state index contributed by atoms with van der Waals surface area (Å²) < 4.78 is 0. The quantitative estimate of drug-likeness (QED) is 0.634. The van der Waals surface area contributed by atoms with E-state index in [0.29, 0.717) is 11.7 Å². The van der Waals surface area contributed by atoms with Gasteiger partial charge in [0, 0.05) is 11.4 Å². The Morgan fingerprint density at radius 1 is 1.19 bits per heavy atom. The third-order valence-corrected chi connectivity index (χ3v) is 5.69. The molecule has 7 heteroatoms. The van der Waals surface area contributed by atoms with Gasteiger partial charge in [0.25, 0.3) is 0 Å². The van der Waals surface area contributed by atoms with Crippen molar-refractivity contribution in [2.45, 2.75) is 50.6 Å². The van der Waals surface area contributed by atoms with Crippen LogP contribution in [0.25, 0.3) is 10.9 Å². The number of urea groups is 1. The number of aryl methyl sites for hydroxylation is 1. The van der Waals surface area contributed by atoms with Crippen LogP contribution >= 0.6 is 11.8 Å². The molecule has 0 aliphatic heterocycles. The number of aromatic nitrogens is 2. The highest BCUT2D eigenvalue weighted by Gasteiger charge is 2.23. The number of nitrogens with zero attached hydrogens (tertiary/aromatic N) is 2. The van der Waals surface area contributed by atoms with Gasteiger partial charge in [0.15, 0.2) is 0 Å². The van der Waals surface area contributed by atoms with Gasteiger partial charge in [-0.25, -0.2) is 14.8 Å². The average molecular weight is 372 g/mol. The first kappa shape index (κ1) is 18.6. The minimum atomic E-state index is -0.405. The van der Waals surface area contributed by atoms with Gasteiger partial charge in [0.05, 0.1) is 11.3 Å². The molecule has 26 heavy (non-hydrogen) atoms. The third-order valence-electron chi connectivity index (χ3n) is 4.70. The largest absolute Gasteiger partial charge is 0.335 e. The van der Waals surface area contributed by atoms with Crippen molar-refractivity contribution in [3.8, 4) is 0 Å². The van der Waals surface area contributed by atoms with Crippen LogP contribution in [0.2, 0.25) is 0 Å². The monoisotopic (exact) mass is 372 g/mol. The third kappa shape index (κ3) is 4.72. The smallest absolute Gasteiger partial charge is 0.321 e. The molecule has 0 unspecified atom stereocenters. The summed E-state index contributed by atoms with van der Waals surface area (Å²) in [4.78, 5) is 33.0. The zero-order chi connectivity index (χ0) is 18.5. The molecule has 2 atom stereocenters. The lowest BCUT2D eigenvalue weighted by Gasteiger charge is -2.29. The van der Waals surface area contributed by atoms with Crippen LogP contribution in [0, 0.1) is 12.8 Å². The number of thioether (sulfide) groups is 1. The summed E-state index contributed by atoms with van der Waals surface area (Å²) in [6.45, 7) is 3.97. The zero-order valence-corrected chi connectivity index (χ0v) is 15.9. The molecule has 3 amide bonds. The van der Waals surface area contributed by atoms with Crippen molar-refractivity contribution in [3.63, 3.8) is 0 Å². The predicted molar refractivity (Wildman–Crippen MR) is 103 cm³/mol. The van der Waals surface area contributed by atoms with Crippen molar-refractivity contribution in [1.29, 1.82) is 0 Å². The number of nitrogens with one attached hydrogen (secondary N) is 2. The van der Waals surface area contributed by atoms with Crippen LogP contribution in [0.3, 0.4) is 0 Å². The van der Waals surface area contributed by atoms with Crippen molar-refractivity contribution >= 4 is 34.6 Å². The van der Waals surface area contributed by atoms with Crippen LogP contribution in [0.1, 0.15) is 38.4 Å². The van der Waals surface area contributed by atoms with Crippen LogP contribution in [-0.4, -0.2) is 33.7 Å². The maximum Gasteiger partial charge on any atom is 0.321 e. The van der Waals surface area contributed by atoms with Crippen LogP contribution in [0.4, 0.5) is 4.79 Å². The Morgan fingerprint density at radius 3 is 2.77 bits per heavy atom. The zero-order valence-electron chi connectivity index (χ0n) is 15.1. The van der Waals surface area contributed by atoms with E-state index in [1.807, 2.05) is 31.2 Å². The number of rotatable bonds is 4. The molecule has 1 aromatic carbocycles. The molecule has 0 spiro atoms. The Morgan fingerprint density at radius 2 is 1.96 bits per heavy atom. The topological polar surface area (TPSA) is 84.0 Å². The van der Waals surface area contributed by atoms with E-state index < -0.39 is 6.03 Å². The van der Waals surface area contributed by atoms with E-state index >= 15 is 0 Å². The molecular weight excluding hydrogens is 348 g/mol. The lowest BCUT2D eigenvalue weighted by atomic mass is 9.86. The second-order valence-corrected chi connectivity index (χ2v) is 7.74. The molecule has 2 N–H and O–H groups in total. The predicted octanol–water partition coefficient (Wildman–Crippen LogP) is 3.43. The summed E-state index contributed by atoms with van der Waals surface area (Å²) in [5.41, 5.74) is 0.854. The number of benzene rings is 1. The average Bonchev–Trinajstić information content (AvgIpc) is 2.61. The lowest BCUT2D eigenvalue weighted by molar-refractivity contribution is -0.117. The van der Waals surface area contributed by atoms with Crippen molar-refractivity contribution < 1.29 is 9.59 Å². The summed E-state index contributed by atoms with van der Waals surface area (Å²) in [6, 6.07) is 7.45. The molecule has 1 aromatic heterocycles. The Kier molecular flexibility index (Phi) is 6.08. The number of fused-ring (bicyclic) bond motifs is 1. The molecule has 3 rings (SSSR count). The number of para-hydroxylation sites is 1. The minimum absolute atomic E-state index is 0.133. The molecule has 1 heterocycles. The van der Waals surface area contributed by atoms with Gasteiger partial charge >= 0.3 is 6.03 Å². The maximum absolute atomic E-state index is 12.1.